The molecule has 0 spiro atoms. The zero-order valence-corrected chi connectivity index (χ0v) is 8.39. The van der Waals surface area contributed by atoms with Crippen molar-refractivity contribution < 1.29 is 0 Å². The molecule has 0 bridgehead atoms. The van der Waals surface area contributed by atoms with Crippen LogP contribution < -0.4 is 10.2 Å². The number of nitrogens with zero attached hydrogens (tertiary/aromatic N) is 2. The highest BCUT2D eigenvalue weighted by molar-refractivity contribution is 5.71. The van der Waals surface area contributed by atoms with E-state index in [0.717, 1.165) is 24.6 Å². The van der Waals surface area contributed by atoms with Gasteiger partial charge >= 0.3 is 0 Å². The van der Waals surface area contributed by atoms with Crippen LogP contribution >= 0.6 is 0 Å². The minimum Gasteiger partial charge on any atom is -0.370 e. The van der Waals surface area contributed by atoms with Gasteiger partial charge in [-0.15, -0.1) is 0 Å². The number of fused-ring (bicyclic) bond motifs is 1. The second-order valence-electron chi connectivity index (χ2n) is 3.63. The van der Waals surface area contributed by atoms with Crippen LogP contribution in [-0.2, 0) is 0 Å². The minimum absolute atomic E-state index is 0.986. The van der Waals surface area contributed by atoms with E-state index >= 15 is 0 Å². The van der Waals surface area contributed by atoms with Crippen LogP contribution in [-0.4, -0.2) is 25.1 Å². The van der Waals surface area contributed by atoms with Gasteiger partial charge in [-0.25, -0.2) is 4.98 Å². The first-order chi connectivity index (χ1) is 6.18. The Hall–Kier alpha value is -1.25. The molecule has 1 aliphatic heterocycles. The quantitative estimate of drug-likeness (QED) is 0.652. The zero-order valence-electron chi connectivity index (χ0n) is 8.39. The number of aryl methyl sites for hydroxylation is 2. The third-order valence-corrected chi connectivity index (χ3v) is 2.43. The van der Waals surface area contributed by atoms with Crippen molar-refractivity contribution in [3.8, 4) is 0 Å². The van der Waals surface area contributed by atoms with Crippen molar-refractivity contribution in [1.29, 1.82) is 0 Å². The number of pyridine rings is 1. The average Bonchev–Trinajstić information content (AvgIpc) is 2.02. The van der Waals surface area contributed by atoms with E-state index in [-0.39, 0.29) is 0 Å². The maximum Gasteiger partial charge on any atom is 0.150 e. The summed E-state index contributed by atoms with van der Waals surface area (Å²) in [6, 6.07) is 2.13. The van der Waals surface area contributed by atoms with Crippen LogP contribution in [0.5, 0.6) is 0 Å². The van der Waals surface area contributed by atoms with Crippen molar-refractivity contribution in [2.45, 2.75) is 13.8 Å². The molecule has 1 N–H and O–H groups in total. The highest BCUT2D eigenvalue weighted by Gasteiger charge is 2.16. The molecule has 0 saturated carbocycles. The SMILES string of the molecule is Cc1cc(C)c2c(n1)NCCN2C. The first-order valence-corrected chi connectivity index (χ1v) is 4.62. The summed E-state index contributed by atoms with van der Waals surface area (Å²) < 4.78 is 0. The van der Waals surface area contributed by atoms with E-state index in [9.17, 15) is 0 Å². The molecule has 0 aliphatic carbocycles. The largest absolute Gasteiger partial charge is 0.370 e. The number of hydrogen-bond donors (Lipinski definition) is 1. The summed E-state index contributed by atoms with van der Waals surface area (Å²) in [6.45, 7) is 6.21. The minimum atomic E-state index is 0.986. The Morgan fingerprint density at radius 2 is 2.23 bits per heavy atom. The van der Waals surface area contributed by atoms with E-state index in [0.29, 0.717) is 0 Å². The summed E-state index contributed by atoms with van der Waals surface area (Å²) in [5, 5.41) is 3.32. The average molecular weight is 177 g/mol. The number of likely N-dealkylation sites (N-methyl/N-ethyl adjacent to an activating group) is 1. The topological polar surface area (TPSA) is 28.2 Å². The molecule has 1 aromatic rings. The lowest BCUT2D eigenvalue weighted by Gasteiger charge is -2.29. The molecule has 0 amide bonds. The fraction of sp³-hybridized carbons (Fsp3) is 0.500. The molecule has 3 nitrogen and oxygen atoms in total. The Kier molecular flexibility index (Phi) is 1.87. The normalized spacial score (nSPS) is 15.2. The molecule has 70 valence electrons. The van der Waals surface area contributed by atoms with Crippen LogP contribution in [0.4, 0.5) is 11.5 Å². The predicted molar refractivity (Wildman–Crippen MR) is 55.5 cm³/mol. The molecule has 0 atom stereocenters. The lowest BCUT2D eigenvalue weighted by atomic mass is 10.1. The van der Waals surface area contributed by atoms with Gasteiger partial charge in [0.15, 0.2) is 0 Å². The molecule has 0 radical (unpaired) electrons. The van der Waals surface area contributed by atoms with Gasteiger partial charge in [-0.1, -0.05) is 0 Å². The van der Waals surface area contributed by atoms with Crippen molar-refractivity contribution >= 4 is 11.5 Å². The van der Waals surface area contributed by atoms with Gasteiger partial charge in [0, 0.05) is 25.8 Å². The zero-order chi connectivity index (χ0) is 9.42. The van der Waals surface area contributed by atoms with Crippen LogP contribution in [0.2, 0.25) is 0 Å². The first-order valence-electron chi connectivity index (χ1n) is 4.62. The molecule has 0 saturated heterocycles. The Balaban J connectivity index is 2.56. The van der Waals surface area contributed by atoms with E-state index < -0.39 is 0 Å². The molecule has 2 rings (SSSR count). The molecular weight excluding hydrogens is 162 g/mol. The second kappa shape index (κ2) is 2.91. The molecular formula is C10H15N3. The van der Waals surface area contributed by atoms with Crippen LogP contribution in [0.3, 0.4) is 0 Å². The van der Waals surface area contributed by atoms with Gasteiger partial charge in [0.2, 0.25) is 0 Å². The van der Waals surface area contributed by atoms with Crippen LogP contribution in [0.25, 0.3) is 0 Å². The van der Waals surface area contributed by atoms with Gasteiger partial charge in [0.25, 0.3) is 0 Å². The summed E-state index contributed by atoms with van der Waals surface area (Å²) in [4.78, 5) is 6.73. The fourth-order valence-corrected chi connectivity index (χ4v) is 1.89. The molecule has 2 heterocycles. The highest BCUT2D eigenvalue weighted by atomic mass is 15.2. The molecule has 3 heteroatoms. The van der Waals surface area contributed by atoms with Gasteiger partial charge in [0.05, 0.1) is 5.69 Å². The fourth-order valence-electron chi connectivity index (χ4n) is 1.89. The molecule has 0 unspecified atom stereocenters. The first kappa shape index (κ1) is 8.35. The number of rotatable bonds is 0. The van der Waals surface area contributed by atoms with Gasteiger partial charge in [-0.2, -0.15) is 0 Å². The predicted octanol–water partition coefficient (Wildman–Crippen LogP) is 1.56. The van der Waals surface area contributed by atoms with E-state index in [1.165, 1.54) is 11.3 Å². The van der Waals surface area contributed by atoms with Gasteiger partial charge < -0.3 is 10.2 Å². The smallest absolute Gasteiger partial charge is 0.150 e. The molecule has 0 aromatic carbocycles. The van der Waals surface area contributed by atoms with Crippen molar-refractivity contribution in [3.05, 3.63) is 17.3 Å². The van der Waals surface area contributed by atoms with Crippen molar-refractivity contribution in [3.63, 3.8) is 0 Å². The van der Waals surface area contributed by atoms with Gasteiger partial charge in [-0.3, -0.25) is 0 Å². The van der Waals surface area contributed by atoms with E-state index in [1.807, 2.05) is 6.92 Å². The maximum absolute atomic E-state index is 4.47. The standard InChI is InChI=1S/C10H15N3/c1-7-6-8(2)12-10-9(7)13(3)5-4-11-10/h6H,4-5H2,1-3H3,(H,11,12). The van der Waals surface area contributed by atoms with Crippen LogP contribution in [0.1, 0.15) is 11.3 Å². The third-order valence-electron chi connectivity index (χ3n) is 2.43. The molecule has 13 heavy (non-hydrogen) atoms. The third kappa shape index (κ3) is 1.34. The Bertz CT molecular complexity index is 333. The Labute approximate surface area is 78.8 Å². The molecule has 1 aromatic heterocycles. The van der Waals surface area contributed by atoms with E-state index in [4.69, 9.17) is 0 Å². The lowest BCUT2D eigenvalue weighted by Crippen LogP contribution is -2.31. The molecule has 1 aliphatic rings. The van der Waals surface area contributed by atoms with E-state index in [2.05, 4.69) is 35.2 Å². The summed E-state index contributed by atoms with van der Waals surface area (Å²) in [5.74, 6) is 1.03. The number of aromatic nitrogens is 1. The number of hydrogen-bond acceptors (Lipinski definition) is 3. The van der Waals surface area contributed by atoms with Crippen molar-refractivity contribution in [2.24, 2.45) is 0 Å². The number of nitrogens with one attached hydrogen (secondary N) is 1. The van der Waals surface area contributed by atoms with Gasteiger partial charge in [-0.05, 0) is 25.5 Å². The van der Waals surface area contributed by atoms with Gasteiger partial charge in [0.1, 0.15) is 5.82 Å². The summed E-state index contributed by atoms with van der Waals surface area (Å²) >= 11 is 0. The maximum atomic E-state index is 4.47. The van der Waals surface area contributed by atoms with Crippen LogP contribution in [0, 0.1) is 13.8 Å². The molecule has 0 fully saturated rings. The van der Waals surface area contributed by atoms with E-state index in [1.54, 1.807) is 0 Å². The summed E-state index contributed by atoms with van der Waals surface area (Å²) in [7, 11) is 2.11. The Morgan fingerprint density at radius 3 is 3.00 bits per heavy atom. The van der Waals surface area contributed by atoms with Crippen molar-refractivity contribution in [1.82, 2.24) is 4.98 Å². The monoisotopic (exact) mass is 177 g/mol. The summed E-state index contributed by atoms with van der Waals surface area (Å²) in [5.41, 5.74) is 3.63. The van der Waals surface area contributed by atoms with Crippen molar-refractivity contribution in [2.75, 3.05) is 30.4 Å². The Morgan fingerprint density at radius 1 is 1.46 bits per heavy atom. The van der Waals surface area contributed by atoms with Crippen LogP contribution in [0.15, 0.2) is 6.07 Å². The summed E-state index contributed by atoms with van der Waals surface area (Å²) in [6.07, 6.45) is 0. The lowest BCUT2D eigenvalue weighted by molar-refractivity contribution is 0.865. The highest BCUT2D eigenvalue weighted by Crippen LogP contribution is 2.29. The number of anilines is 2. The second-order valence-corrected chi connectivity index (χ2v) is 3.63.